The molecule has 3 heterocycles. The van der Waals surface area contributed by atoms with E-state index in [0.717, 1.165) is 20.8 Å². The SMILES string of the molecule is CN(Cc1ccc(Cl)c(Cl)c1)Cc1nc2scc(-c3cccs3)c2c(=O)[nH]1. The molecule has 4 aromatic rings. The van der Waals surface area contributed by atoms with Crippen molar-refractivity contribution in [3.8, 4) is 10.4 Å². The van der Waals surface area contributed by atoms with Crippen LogP contribution >= 0.6 is 45.9 Å². The molecule has 0 radical (unpaired) electrons. The molecule has 0 atom stereocenters. The normalized spacial score (nSPS) is 11.6. The van der Waals surface area contributed by atoms with E-state index in [1.807, 2.05) is 42.1 Å². The van der Waals surface area contributed by atoms with Gasteiger partial charge in [-0.2, -0.15) is 0 Å². The molecule has 0 aliphatic carbocycles. The van der Waals surface area contributed by atoms with E-state index < -0.39 is 0 Å². The summed E-state index contributed by atoms with van der Waals surface area (Å²) in [6, 6.07) is 9.59. The first kappa shape index (κ1) is 18.7. The van der Waals surface area contributed by atoms with Gasteiger partial charge < -0.3 is 4.98 Å². The van der Waals surface area contributed by atoms with Gasteiger partial charge in [0.15, 0.2) is 0 Å². The van der Waals surface area contributed by atoms with E-state index in [4.69, 9.17) is 23.2 Å². The standard InChI is InChI=1S/C19H15Cl2N3OS2/c1-24(8-11-4-5-13(20)14(21)7-11)9-16-22-18(25)17-12(10-27-19(17)23-16)15-3-2-6-26-15/h2-7,10H,8-9H2,1H3,(H,22,23,25). The maximum Gasteiger partial charge on any atom is 0.260 e. The van der Waals surface area contributed by atoms with Crippen LogP contribution in [0.3, 0.4) is 0 Å². The summed E-state index contributed by atoms with van der Waals surface area (Å²) in [5.74, 6) is 0.648. The third-order valence-corrected chi connectivity index (χ3v) is 6.65. The second kappa shape index (κ2) is 7.73. The molecule has 3 aromatic heterocycles. The fraction of sp³-hybridized carbons (Fsp3) is 0.158. The number of nitrogens with one attached hydrogen (secondary N) is 1. The van der Waals surface area contributed by atoms with Crippen LogP contribution in [-0.2, 0) is 13.1 Å². The lowest BCUT2D eigenvalue weighted by molar-refractivity contribution is 0.311. The summed E-state index contributed by atoms with van der Waals surface area (Å²) < 4.78 is 0. The summed E-state index contributed by atoms with van der Waals surface area (Å²) in [5, 5.41) is 5.75. The van der Waals surface area contributed by atoms with E-state index in [9.17, 15) is 4.79 Å². The second-order valence-electron chi connectivity index (χ2n) is 6.24. The van der Waals surface area contributed by atoms with E-state index in [1.165, 1.54) is 11.3 Å². The first-order chi connectivity index (χ1) is 13.0. The van der Waals surface area contributed by atoms with Crippen LogP contribution in [0.4, 0.5) is 0 Å². The van der Waals surface area contributed by atoms with Gasteiger partial charge in [-0.25, -0.2) is 4.98 Å². The van der Waals surface area contributed by atoms with E-state index in [2.05, 4.69) is 14.9 Å². The molecule has 0 spiro atoms. The number of H-pyrrole nitrogens is 1. The number of thiophene rings is 2. The van der Waals surface area contributed by atoms with E-state index in [0.29, 0.717) is 34.3 Å². The number of fused-ring (bicyclic) bond motifs is 1. The number of halogens is 2. The van der Waals surface area contributed by atoms with Crippen molar-refractivity contribution < 1.29 is 0 Å². The van der Waals surface area contributed by atoms with Crippen LogP contribution in [0.1, 0.15) is 11.4 Å². The van der Waals surface area contributed by atoms with Crippen LogP contribution in [0.2, 0.25) is 10.0 Å². The average Bonchev–Trinajstić information content (AvgIpc) is 3.27. The Morgan fingerprint density at radius 3 is 2.74 bits per heavy atom. The summed E-state index contributed by atoms with van der Waals surface area (Å²) in [6.07, 6.45) is 0. The van der Waals surface area contributed by atoms with Crippen molar-refractivity contribution in [2.75, 3.05) is 7.05 Å². The van der Waals surface area contributed by atoms with Crippen molar-refractivity contribution in [1.82, 2.24) is 14.9 Å². The minimum atomic E-state index is -0.0948. The molecule has 0 amide bonds. The van der Waals surface area contributed by atoms with Gasteiger partial charge >= 0.3 is 0 Å². The van der Waals surface area contributed by atoms with Crippen molar-refractivity contribution in [3.05, 3.63) is 72.9 Å². The highest BCUT2D eigenvalue weighted by Crippen LogP contribution is 2.33. The molecule has 0 saturated carbocycles. The number of aromatic nitrogens is 2. The summed E-state index contributed by atoms with van der Waals surface area (Å²) in [6.45, 7) is 1.20. The Labute approximate surface area is 174 Å². The molecule has 0 aliphatic rings. The highest BCUT2D eigenvalue weighted by Gasteiger charge is 2.14. The van der Waals surface area contributed by atoms with Crippen LogP contribution in [0.25, 0.3) is 20.7 Å². The molecule has 1 N–H and O–H groups in total. The molecule has 4 nitrogen and oxygen atoms in total. The Bertz CT molecular complexity index is 1150. The smallest absolute Gasteiger partial charge is 0.260 e. The molecule has 8 heteroatoms. The Morgan fingerprint density at radius 2 is 2.00 bits per heavy atom. The van der Waals surface area contributed by atoms with Crippen molar-refractivity contribution >= 4 is 56.1 Å². The van der Waals surface area contributed by atoms with Crippen LogP contribution in [0, 0.1) is 0 Å². The number of benzene rings is 1. The molecule has 1 aromatic carbocycles. The molecular weight excluding hydrogens is 421 g/mol. The monoisotopic (exact) mass is 435 g/mol. The molecule has 0 fully saturated rings. The van der Waals surface area contributed by atoms with Crippen molar-refractivity contribution in [1.29, 1.82) is 0 Å². The van der Waals surface area contributed by atoms with Crippen molar-refractivity contribution in [2.24, 2.45) is 0 Å². The molecule has 4 rings (SSSR count). The largest absolute Gasteiger partial charge is 0.309 e. The number of aromatic amines is 1. The van der Waals surface area contributed by atoms with Gasteiger partial charge in [0.1, 0.15) is 10.7 Å². The maximum absolute atomic E-state index is 12.7. The number of hydrogen-bond acceptors (Lipinski definition) is 5. The van der Waals surface area contributed by atoms with E-state index >= 15 is 0 Å². The zero-order valence-corrected chi connectivity index (χ0v) is 17.5. The lowest BCUT2D eigenvalue weighted by Crippen LogP contribution is -2.21. The molecular formula is C19H15Cl2N3OS2. The highest BCUT2D eigenvalue weighted by atomic mass is 35.5. The van der Waals surface area contributed by atoms with Gasteiger partial charge in [-0.15, -0.1) is 22.7 Å². The quantitative estimate of drug-likeness (QED) is 0.440. The van der Waals surface area contributed by atoms with Crippen LogP contribution < -0.4 is 5.56 Å². The third kappa shape index (κ3) is 3.95. The maximum atomic E-state index is 12.7. The predicted molar refractivity (Wildman–Crippen MR) is 115 cm³/mol. The third-order valence-electron chi connectivity index (χ3n) is 4.14. The predicted octanol–water partition coefficient (Wildman–Crippen LogP) is 5.65. The lowest BCUT2D eigenvalue weighted by Gasteiger charge is -2.16. The Morgan fingerprint density at radius 1 is 1.15 bits per heavy atom. The number of nitrogens with zero attached hydrogens (tertiary/aromatic N) is 2. The van der Waals surface area contributed by atoms with E-state index in [1.54, 1.807) is 17.4 Å². The number of hydrogen-bond donors (Lipinski definition) is 1. The summed E-state index contributed by atoms with van der Waals surface area (Å²) in [7, 11) is 1.97. The zero-order valence-electron chi connectivity index (χ0n) is 14.3. The second-order valence-corrected chi connectivity index (χ2v) is 8.86. The number of rotatable bonds is 5. The van der Waals surface area contributed by atoms with Gasteiger partial charge in [0.2, 0.25) is 0 Å². The van der Waals surface area contributed by atoms with Gasteiger partial charge in [-0.05, 0) is 36.2 Å². The van der Waals surface area contributed by atoms with Gasteiger partial charge in [0.05, 0.1) is 22.0 Å². The molecule has 0 bridgehead atoms. The van der Waals surface area contributed by atoms with Crippen LogP contribution in [-0.4, -0.2) is 21.9 Å². The Balaban J connectivity index is 1.57. The molecule has 0 aliphatic heterocycles. The average molecular weight is 436 g/mol. The summed E-state index contributed by atoms with van der Waals surface area (Å²) in [5.41, 5.74) is 1.91. The fourth-order valence-electron chi connectivity index (χ4n) is 2.94. The Hall–Kier alpha value is -1.70. The van der Waals surface area contributed by atoms with Crippen LogP contribution in [0.5, 0.6) is 0 Å². The van der Waals surface area contributed by atoms with Gasteiger partial charge in [-0.3, -0.25) is 9.69 Å². The summed E-state index contributed by atoms with van der Waals surface area (Å²) >= 11 is 15.2. The lowest BCUT2D eigenvalue weighted by atomic mass is 10.2. The minimum Gasteiger partial charge on any atom is -0.309 e. The zero-order chi connectivity index (χ0) is 19.0. The van der Waals surface area contributed by atoms with Crippen LogP contribution in [0.15, 0.2) is 45.9 Å². The molecule has 138 valence electrons. The fourth-order valence-corrected chi connectivity index (χ4v) is 5.04. The van der Waals surface area contributed by atoms with Gasteiger partial charge in [-0.1, -0.05) is 35.3 Å². The topological polar surface area (TPSA) is 49.0 Å². The first-order valence-electron chi connectivity index (χ1n) is 8.18. The van der Waals surface area contributed by atoms with Gasteiger partial charge in [0, 0.05) is 22.4 Å². The molecule has 0 saturated heterocycles. The van der Waals surface area contributed by atoms with Crippen molar-refractivity contribution in [2.45, 2.75) is 13.1 Å². The highest BCUT2D eigenvalue weighted by molar-refractivity contribution is 7.18. The van der Waals surface area contributed by atoms with Crippen molar-refractivity contribution in [3.63, 3.8) is 0 Å². The molecule has 27 heavy (non-hydrogen) atoms. The van der Waals surface area contributed by atoms with Gasteiger partial charge in [0.25, 0.3) is 5.56 Å². The first-order valence-corrected chi connectivity index (χ1v) is 10.7. The Kier molecular flexibility index (Phi) is 5.34. The summed E-state index contributed by atoms with van der Waals surface area (Å²) in [4.78, 5) is 24.2. The van der Waals surface area contributed by atoms with E-state index in [-0.39, 0.29) is 5.56 Å². The molecule has 0 unspecified atom stereocenters. The minimum absolute atomic E-state index is 0.0948.